The van der Waals surface area contributed by atoms with Gasteiger partial charge in [-0.3, -0.25) is 4.79 Å². The van der Waals surface area contributed by atoms with Crippen LogP contribution < -0.4 is 11.5 Å². The van der Waals surface area contributed by atoms with Crippen LogP contribution in [-0.2, 0) is 4.79 Å². The van der Waals surface area contributed by atoms with Gasteiger partial charge in [0.2, 0.25) is 0 Å². The summed E-state index contributed by atoms with van der Waals surface area (Å²) in [6, 6.07) is -0.779. The molecule has 0 aromatic rings. The van der Waals surface area contributed by atoms with Gasteiger partial charge < -0.3 is 16.6 Å². The van der Waals surface area contributed by atoms with E-state index in [4.69, 9.17) is 16.6 Å². The van der Waals surface area contributed by atoms with Crippen LogP contribution >= 0.6 is 11.8 Å². The minimum atomic E-state index is -0.976. The van der Waals surface area contributed by atoms with Crippen LogP contribution in [0.3, 0.4) is 0 Å². The molecule has 0 aliphatic rings. The van der Waals surface area contributed by atoms with Crippen molar-refractivity contribution >= 4 is 17.7 Å². The number of carbonyl (C=O) groups is 1. The highest BCUT2D eigenvalue weighted by Crippen LogP contribution is 1.96. The first-order chi connectivity index (χ1) is 4.18. The van der Waals surface area contributed by atoms with Gasteiger partial charge in [-0.15, -0.1) is 11.8 Å². The second-order valence-corrected chi connectivity index (χ2v) is 2.56. The first-order valence-electron chi connectivity index (χ1n) is 2.44. The van der Waals surface area contributed by atoms with Crippen molar-refractivity contribution in [3.8, 4) is 0 Å². The van der Waals surface area contributed by atoms with E-state index in [1.165, 1.54) is 11.8 Å². The Morgan fingerprint density at radius 3 is 2.67 bits per heavy atom. The van der Waals surface area contributed by atoms with Gasteiger partial charge in [0.1, 0.15) is 6.04 Å². The molecule has 0 radical (unpaired) electrons. The molecule has 0 heterocycles. The van der Waals surface area contributed by atoms with Gasteiger partial charge in [0, 0.05) is 11.6 Å². The summed E-state index contributed by atoms with van der Waals surface area (Å²) in [5.74, 6) is -0.178. The Morgan fingerprint density at radius 1 is 1.78 bits per heavy atom. The predicted octanol–water partition coefficient (Wildman–Crippen LogP) is -0.952. The van der Waals surface area contributed by atoms with Crippen molar-refractivity contribution in [3.05, 3.63) is 0 Å². The van der Waals surface area contributed by atoms with Gasteiger partial charge in [-0.2, -0.15) is 0 Å². The Morgan fingerprint density at radius 2 is 2.33 bits per heavy atom. The fraction of sp³-hybridized carbons (Fsp3) is 0.750. The molecule has 0 spiro atoms. The van der Waals surface area contributed by atoms with E-state index in [1.54, 1.807) is 0 Å². The van der Waals surface area contributed by atoms with E-state index in [0.29, 0.717) is 11.6 Å². The fourth-order valence-electron chi connectivity index (χ4n) is 0.266. The topological polar surface area (TPSA) is 89.3 Å². The van der Waals surface area contributed by atoms with Crippen LogP contribution in [0.25, 0.3) is 0 Å². The monoisotopic (exact) mass is 150 g/mol. The highest BCUT2D eigenvalue weighted by molar-refractivity contribution is 7.99. The molecule has 54 valence electrons. The van der Waals surface area contributed by atoms with E-state index in [2.05, 4.69) is 0 Å². The normalized spacial score (nSPS) is 13.1. The minimum Gasteiger partial charge on any atom is -0.480 e. The molecule has 0 rings (SSSR count). The van der Waals surface area contributed by atoms with E-state index in [-0.39, 0.29) is 0 Å². The molecule has 1 unspecified atom stereocenters. The zero-order valence-electron chi connectivity index (χ0n) is 4.91. The van der Waals surface area contributed by atoms with Gasteiger partial charge in [-0.1, -0.05) is 0 Å². The summed E-state index contributed by atoms with van der Waals surface area (Å²) in [5, 5.41) is 8.23. The maximum absolute atomic E-state index is 10.0. The summed E-state index contributed by atoms with van der Waals surface area (Å²) in [4.78, 5) is 10.0. The fourth-order valence-corrected chi connectivity index (χ4v) is 0.799. The van der Waals surface area contributed by atoms with Crippen LogP contribution in [0.1, 0.15) is 0 Å². The molecule has 0 aliphatic carbocycles. The number of nitrogens with two attached hydrogens (primary N) is 2. The Bertz CT molecular complexity index is 98.6. The van der Waals surface area contributed by atoms with Crippen molar-refractivity contribution in [3.63, 3.8) is 0 Å². The molecule has 0 aliphatic heterocycles. The molecule has 5 N–H and O–H groups in total. The van der Waals surface area contributed by atoms with Crippen LogP contribution in [0.2, 0.25) is 0 Å². The number of hydrogen-bond donors (Lipinski definition) is 3. The number of aliphatic carboxylic acids is 1. The third-order valence-corrected chi connectivity index (χ3v) is 1.56. The standard InChI is InChI=1S/C4H10N2O2S/c5-2-9-1-3(6)4(7)8/h3H,1-2,5-6H2,(H,7,8). The van der Waals surface area contributed by atoms with E-state index in [0.717, 1.165) is 0 Å². The summed E-state index contributed by atoms with van der Waals surface area (Å²) in [6.45, 7) is 0. The van der Waals surface area contributed by atoms with Gasteiger partial charge in [-0.05, 0) is 0 Å². The molecular formula is C4H10N2O2S. The van der Waals surface area contributed by atoms with Crippen LogP contribution in [0.15, 0.2) is 0 Å². The highest BCUT2D eigenvalue weighted by atomic mass is 32.2. The molecule has 5 heteroatoms. The Kier molecular flexibility index (Phi) is 4.47. The second kappa shape index (κ2) is 4.60. The van der Waals surface area contributed by atoms with Crippen LogP contribution in [0.4, 0.5) is 0 Å². The molecule has 0 bridgehead atoms. The van der Waals surface area contributed by atoms with Crippen molar-refractivity contribution in [1.29, 1.82) is 0 Å². The number of carboxylic acid groups (broad SMARTS) is 1. The predicted molar refractivity (Wildman–Crippen MR) is 37.1 cm³/mol. The Labute approximate surface area is 57.6 Å². The quantitative estimate of drug-likeness (QED) is 0.449. The molecule has 1 atom stereocenters. The summed E-state index contributed by atoms with van der Waals surface area (Å²) in [6.07, 6.45) is 0. The zero-order valence-corrected chi connectivity index (χ0v) is 5.73. The van der Waals surface area contributed by atoms with Crippen molar-refractivity contribution < 1.29 is 9.90 Å². The Hall–Kier alpha value is -0.260. The number of hydrogen-bond acceptors (Lipinski definition) is 4. The van der Waals surface area contributed by atoms with Crippen molar-refractivity contribution in [1.82, 2.24) is 0 Å². The number of thioether (sulfide) groups is 1. The van der Waals surface area contributed by atoms with E-state index in [1.807, 2.05) is 0 Å². The first-order valence-corrected chi connectivity index (χ1v) is 3.60. The lowest BCUT2D eigenvalue weighted by Crippen LogP contribution is -2.32. The third-order valence-electron chi connectivity index (χ3n) is 0.732. The lowest BCUT2D eigenvalue weighted by molar-refractivity contribution is -0.137. The molecule has 0 aromatic carbocycles. The van der Waals surface area contributed by atoms with E-state index in [9.17, 15) is 4.79 Å². The average molecular weight is 150 g/mol. The van der Waals surface area contributed by atoms with Crippen LogP contribution in [0, 0.1) is 0 Å². The highest BCUT2D eigenvalue weighted by Gasteiger charge is 2.09. The maximum Gasteiger partial charge on any atom is 0.321 e. The molecule has 0 aromatic heterocycles. The lowest BCUT2D eigenvalue weighted by atomic mass is 10.4. The van der Waals surface area contributed by atoms with Gasteiger partial charge in [0.05, 0.1) is 0 Å². The molecule has 0 saturated heterocycles. The van der Waals surface area contributed by atoms with E-state index >= 15 is 0 Å². The van der Waals surface area contributed by atoms with Crippen molar-refractivity contribution in [2.45, 2.75) is 6.04 Å². The third kappa shape index (κ3) is 4.26. The zero-order chi connectivity index (χ0) is 7.28. The number of rotatable bonds is 4. The number of carboxylic acids is 1. The summed E-state index contributed by atoms with van der Waals surface area (Å²) < 4.78 is 0. The largest absolute Gasteiger partial charge is 0.480 e. The van der Waals surface area contributed by atoms with Crippen molar-refractivity contribution in [2.24, 2.45) is 11.5 Å². The average Bonchev–Trinajstić information content (AvgIpc) is 1.82. The SMILES string of the molecule is NCSCC(N)C(=O)O. The second-order valence-electron chi connectivity index (χ2n) is 1.48. The van der Waals surface area contributed by atoms with Gasteiger partial charge in [0.25, 0.3) is 0 Å². The van der Waals surface area contributed by atoms with E-state index < -0.39 is 12.0 Å². The maximum atomic E-state index is 10.0. The van der Waals surface area contributed by atoms with Gasteiger partial charge in [-0.25, -0.2) is 0 Å². The summed E-state index contributed by atoms with van der Waals surface area (Å²) in [5.41, 5.74) is 10.2. The smallest absolute Gasteiger partial charge is 0.321 e. The van der Waals surface area contributed by atoms with Crippen LogP contribution in [-0.4, -0.2) is 28.7 Å². The first kappa shape index (κ1) is 8.74. The lowest BCUT2D eigenvalue weighted by Gasteiger charge is -2.02. The van der Waals surface area contributed by atoms with Crippen LogP contribution in [0.5, 0.6) is 0 Å². The minimum absolute atomic E-state index is 0.381. The summed E-state index contributed by atoms with van der Waals surface area (Å²) in [7, 11) is 0. The van der Waals surface area contributed by atoms with Gasteiger partial charge >= 0.3 is 5.97 Å². The molecule has 9 heavy (non-hydrogen) atoms. The van der Waals surface area contributed by atoms with Crippen molar-refractivity contribution in [2.75, 3.05) is 11.6 Å². The molecule has 4 nitrogen and oxygen atoms in total. The molecule has 0 fully saturated rings. The van der Waals surface area contributed by atoms with Gasteiger partial charge in [0.15, 0.2) is 0 Å². The molecule has 0 saturated carbocycles. The molecule has 0 amide bonds. The Balaban J connectivity index is 3.27. The molecular weight excluding hydrogens is 140 g/mol. The summed E-state index contributed by atoms with van der Waals surface area (Å²) >= 11 is 1.32.